The highest BCUT2D eigenvalue weighted by molar-refractivity contribution is 4.77. The first kappa shape index (κ1) is 31.6. The van der Waals surface area contributed by atoms with Gasteiger partial charge in [-0.1, -0.05) is 39.5 Å². The summed E-state index contributed by atoms with van der Waals surface area (Å²) in [5.74, 6) is 0. The monoisotopic (exact) mass is 428 g/mol. The zero-order valence-electron chi connectivity index (χ0n) is 17.8. The van der Waals surface area contributed by atoms with Crippen molar-refractivity contribution in [2.45, 2.75) is 25.7 Å². The van der Waals surface area contributed by atoms with Gasteiger partial charge in [-0.25, -0.2) is 0 Å². The SMILES string of the molecule is C=CC[N+](CC=C)(CC=C)CCCCCC[N+](CC=C)(CC=C)CC=C.[Cl-].[Cl-]. The van der Waals surface area contributed by atoms with Gasteiger partial charge in [-0.2, -0.15) is 0 Å². The Labute approximate surface area is 187 Å². The van der Waals surface area contributed by atoms with Gasteiger partial charge < -0.3 is 33.8 Å². The van der Waals surface area contributed by atoms with Gasteiger partial charge in [-0.15, -0.1) is 0 Å². The Bertz CT molecular complexity index is 362. The quantitative estimate of drug-likeness (QED) is 0.145. The van der Waals surface area contributed by atoms with Crippen molar-refractivity contribution >= 4 is 0 Å². The standard InChI is InChI=1S/C24H42N2.2ClH/c1-7-17-25(18-8-2,19-9-3)23-15-13-14-16-24-26(20-10-4,21-11-5)22-12-6;;/h7-12H,1-6,13-24H2;2*1H/q+2;;/p-2. The molecule has 28 heavy (non-hydrogen) atoms. The predicted octanol–water partition coefficient (Wildman–Crippen LogP) is -0.696. The molecule has 0 radical (unpaired) electrons. The molecule has 0 aliphatic rings. The van der Waals surface area contributed by atoms with Crippen molar-refractivity contribution < 1.29 is 33.8 Å². The summed E-state index contributed by atoms with van der Waals surface area (Å²) in [4.78, 5) is 0. The molecule has 2 nitrogen and oxygen atoms in total. The second kappa shape index (κ2) is 19.3. The summed E-state index contributed by atoms with van der Waals surface area (Å²) in [6.07, 6.45) is 17.2. The number of halogens is 2. The molecule has 0 aromatic heterocycles. The van der Waals surface area contributed by atoms with Crippen LogP contribution in [-0.4, -0.2) is 61.3 Å². The van der Waals surface area contributed by atoms with Crippen molar-refractivity contribution in [3.8, 4) is 0 Å². The highest BCUT2D eigenvalue weighted by atomic mass is 35.5. The fourth-order valence-electron chi connectivity index (χ4n) is 3.89. The van der Waals surface area contributed by atoms with Gasteiger partial charge in [0.1, 0.15) is 0 Å². The molecule has 0 saturated heterocycles. The Morgan fingerprint density at radius 2 is 0.607 bits per heavy atom. The average molecular weight is 430 g/mol. The Hall–Kier alpha value is -1.06. The van der Waals surface area contributed by atoms with E-state index in [0.717, 1.165) is 61.3 Å². The second-order valence-electron chi connectivity index (χ2n) is 7.37. The minimum absolute atomic E-state index is 0. The van der Waals surface area contributed by atoms with Crippen molar-refractivity contribution in [2.24, 2.45) is 0 Å². The Morgan fingerprint density at radius 1 is 0.393 bits per heavy atom. The van der Waals surface area contributed by atoms with E-state index in [1.54, 1.807) is 0 Å². The normalized spacial score (nSPS) is 10.7. The molecule has 162 valence electrons. The van der Waals surface area contributed by atoms with Gasteiger partial charge in [-0.05, 0) is 62.1 Å². The summed E-state index contributed by atoms with van der Waals surface area (Å²) >= 11 is 0. The van der Waals surface area contributed by atoms with Crippen LogP contribution in [0.15, 0.2) is 75.9 Å². The van der Waals surface area contributed by atoms with Crippen molar-refractivity contribution in [3.05, 3.63) is 75.9 Å². The molecule has 0 aromatic rings. The number of hydrogen-bond donors (Lipinski definition) is 0. The zero-order valence-corrected chi connectivity index (χ0v) is 19.4. The third kappa shape index (κ3) is 12.4. The second-order valence-corrected chi connectivity index (χ2v) is 7.37. The summed E-state index contributed by atoms with van der Waals surface area (Å²) < 4.78 is 2.00. The number of rotatable bonds is 19. The van der Waals surface area contributed by atoms with Crippen LogP contribution in [-0.2, 0) is 0 Å². The van der Waals surface area contributed by atoms with E-state index >= 15 is 0 Å². The summed E-state index contributed by atoms with van der Waals surface area (Å²) in [6, 6.07) is 0. The van der Waals surface area contributed by atoms with Crippen LogP contribution in [0.1, 0.15) is 25.7 Å². The van der Waals surface area contributed by atoms with Crippen molar-refractivity contribution in [1.82, 2.24) is 0 Å². The molecule has 0 fully saturated rings. The van der Waals surface area contributed by atoms with Crippen molar-refractivity contribution in [3.63, 3.8) is 0 Å². The molecule has 0 N–H and O–H groups in total. The lowest BCUT2D eigenvalue weighted by molar-refractivity contribution is -0.912. The number of unbranched alkanes of at least 4 members (excludes halogenated alkanes) is 3. The van der Waals surface area contributed by atoms with Crippen LogP contribution in [0.25, 0.3) is 0 Å². The maximum absolute atomic E-state index is 3.94. The van der Waals surface area contributed by atoms with Gasteiger partial charge >= 0.3 is 0 Å². The van der Waals surface area contributed by atoms with E-state index in [0.29, 0.717) is 0 Å². The van der Waals surface area contributed by atoms with Gasteiger partial charge in [0.2, 0.25) is 0 Å². The average Bonchev–Trinajstić information content (AvgIpc) is 2.59. The van der Waals surface area contributed by atoms with E-state index < -0.39 is 0 Å². The predicted molar refractivity (Wildman–Crippen MR) is 119 cm³/mol. The summed E-state index contributed by atoms with van der Waals surface area (Å²) in [7, 11) is 0. The van der Waals surface area contributed by atoms with E-state index in [1.807, 2.05) is 36.5 Å². The van der Waals surface area contributed by atoms with Crippen molar-refractivity contribution in [2.75, 3.05) is 52.4 Å². The lowest BCUT2D eigenvalue weighted by Crippen LogP contribution is -3.00. The molecule has 0 rings (SSSR count). The molecule has 0 saturated carbocycles. The van der Waals surface area contributed by atoms with Gasteiger partial charge in [0, 0.05) is 0 Å². The van der Waals surface area contributed by atoms with Gasteiger partial charge in [0.15, 0.2) is 0 Å². The molecule has 0 heterocycles. The number of hydrogen-bond acceptors (Lipinski definition) is 0. The first-order valence-electron chi connectivity index (χ1n) is 9.93. The van der Waals surface area contributed by atoms with Crippen LogP contribution in [0.3, 0.4) is 0 Å². The maximum atomic E-state index is 3.94. The molecule has 0 atom stereocenters. The van der Waals surface area contributed by atoms with Crippen LogP contribution in [0.5, 0.6) is 0 Å². The lowest BCUT2D eigenvalue weighted by atomic mass is 10.1. The highest BCUT2D eigenvalue weighted by Crippen LogP contribution is 2.15. The fraction of sp³-hybridized carbons (Fsp3) is 0.500. The third-order valence-corrected chi connectivity index (χ3v) is 5.11. The van der Waals surface area contributed by atoms with E-state index in [1.165, 1.54) is 25.7 Å². The Kier molecular flexibility index (Phi) is 21.8. The molecule has 0 spiro atoms. The van der Waals surface area contributed by atoms with Crippen LogP contribution >= 0.6 is 0 Å². The van der Waals surface area contributed by atoms with Gasteiger partial charge in [0.25, 0.3) is 0 Å². The van der Waals surface area contributed by atoms with Crippen LogP contribution in [0.4, 0.5) is 0 Å². The Balaban J connectivity index is -0.00000312. The molecule has 0 amide bonds. The third-order valence-electron chi connectivity index (χ3n) is 5.11. The molecule has 0 unspecified atom stereocenters. The maximum Gasteiger partial charge on any atom is 0.0975 e. The largest absolute Gasteiger partial charge is 1.00 e. The van der Waals surface area contributed by atoms with E-state index in [4.69, 9.17) is 0 Å². The molecule has 0 aliphatic carbocycles. The fourth-order valence-corrected chi connectivity index (χ4v) is 3.89. The Morgan fingerprint density at radius 3 is 0.786 bits per heavy atom. The molecule has 4 heteroatoms. The van der Waals surface area contributed by atoms with Crippen LogP contribution in [0.2, 0.25) is 0 Å². The molecular formula is C24H42Cl2N2. The molecule has 0 bridgehead atoms. The first-order valence-corrected chi connectivity index (χ1v) is 9.93. The van der Waals surface area contributed by atoms with E-state index in [-0.39, 0.29) is 24.8 Å². The van der Waals surface area contributed by atoms with E-state index in [9.17, 15) is 0 Å². The summed E-state index contributed by atoms with van der Waals surface area (Å²) in [5, 5.41) is 0. The number of quaternary nitrogens is 2. The summed E-state index contributed by atoms with van der Waals surface area (Å²) in [5.41, 5.74) is 0. The molecular weight excluding hydrogens is 387 g/mol. The van der Waals surface area contributed by atoms with Crippen molar-refractivity contribution in [1.29, 1.82) is 0 Å². The van der Waals surface area contributed by atoms with Gasteiger partial charge in [0.05, 0.1) is 52.4 Å². The smallest absolute Gasteiger partial charge is 0.0975 e. The minimum Gasteiger partial charge on any atom is -1.00 e. The minimum atomic E-state index is 0. The lowest BCUT2D eigenvalue weighted by Gasteiger charge is -2.37. The zero-order chi connectivity index (χ0) is 19.7. The van der Waals surface area contributed by atoms with E-state index in [2.05, 4.69) is 39.5 Å². The van der Waals surface area contributed by atoms with Crippen LogP contribution in [0, 0.1) is 0 Å². The molecule has 0 aliphatic heterocycles. The highest BCUT2D eigenvalue weighted by Gasteiger charge is 2.23. The summed E-state index contributed by atoms with van der Waals surface area (Å²) in [6.45, 7) is 31.8. The first-order chi connectivity index (χ1) is 12.6. The number of nitrogens with zero attached hydrogens (tertiary/aromatic N) is 2. The topological polar surface area (TPSA) is 0 Å². The van der Waals surface area contributed by atoms with Crippen LogP contribution < -0.4 is 24.8 Å². The van der Waals surface area contributed by atoms with Gasteiger partial charge in [-0.3, -0.25) is 0 Å². The molecule has 0 aromatic carbocycles.